The molecule has 7 nitrogen and oxygen atoms in total. The second kappa shape index (κ2) is 8.05. The van der Waals surface area contributed by atoms with Gasteiger partial charge in [-0.05, 0) is 36.2 Å². The molecular formula is C17H19NO6. The van der Waals surface area contributed by atoms with E-state index in [1.807, 2.05) is 12.1 Å². The fourth-order valence-corrected chi connectivity index (χ4v) is 2.16. The maximum absolute atomic E-state index is 11.9. The average Bonchev–Trinajstić information content (AvgIpc) is 3.07. The summed E-state index contributed by atoms with van der Waals surface area (Å²) in [5.74, 6) is 0.209. The van der Waals surface area contributed by atoms with E-state index in [0.29, 0.717) is 30.1 Å². The molecule has 0 spiro atoms. The number of carboxylic acid groups (broad SMARTS) is 1. The van der Waals surface area contributed by atoms with Crippen molar-refractivity contribution in [1.29, 1.82) is 0 Å². The number of benzene rings is 1. The molecule has 24 heavy (non-hydrogen) atoms. The van der Waals surface area contributed by atoms with Crippen LogP contribution in [0.2, 0.25) is 0 Å². The molecule has 0 fully saturated rings. The molecule has 0 radical (unpaired) electrons. The van der Waals surface area contributed by atoms with Crippen LogP contribution in [-0.4, -0.2) is 31.2 Å². The Morgan fingerprint density at radius 3 is 2.50 bits per heavy atom. The summed E-state index contributed by atoms with van der Waals surface area (Å²) < 4.78 is 15.5. The topological polar surface area (TPSA) is 98.0 Å². The summed E-state index contributed by atoms with van der Waals surface area (Å²) in [6.45, 7) is 0.151. The van der Waals surface area contributed by atoms with Gasteiger partial charge in [-0.3, -0.25) is 4.79 Å². The second-order valence-corrected chi connectivity index (χ2v) is 5.04. The van der Waals surface area contributed by atoms with E-state index in [9.17, 15) is 9.59 Å². The van der Waals surface area contributed by atoms with Gasteiger partial charge in [0.05, 0.1) is 20.8 Å². The molecule has 128 valence electrons. The van der Waals surface area contributed by atoms with E-state index in [1.165, 1.54) is 12.1 Å². The molecule has 0 saturated carbocycles. The summed E-state index contributed by atoms with van der Waals surface area (Å²) >= 11 is 0. The summed E-state index contributed by atoms with van der Waals surface area (Å²) in [6, 6.07) is 8.38. The molecule has 0 unspecified atom stereocenters. The van der Waals surface area contributed by atoms with Crippen LogP contribution >= 0.6 is 0 Å². The number of furan rings is 1. The first-order valence-corrected chi connectivity index (χ1v) is 7.33. The lowest BCUT2D eigenvalue weighted by Gasteiger charge is -2.09. The van der Waals surface area contributed by atoms with Gasteiger partial charge in [0.15, 0.2) is 11.5 Å². The Hall–Kier alpha value is -2.96. The van der Waals surface area contributed by atoms with Crippen molar-refractivity contribution in [2.45, 2.75) is 19.4 Å². The lowest BCUT2D eigenvalue weighted by molar-refractivity contribution is -0.121. The lowest BCUT2D eigenvalue weighted by atomic mass is 10.1. The standard InChI is InChI=1S/C17H19NO6/c1-22-13-6-3-11(9-15(13)23-2)4-8-16(19)18-10-12-5-7-14(24-12)17(20)21/h3,5-7,9H,4,8,10H2,1-2H3,(H,18,19)(H,20,21). The number of ether oxygens (including phenoxy) is 2. The minimum Gasteiger partial charge on any atom is -0.493 e. The molecule has 1 aromatic heterocycles. The Morgan fingerprint density at radius 2 is 1.88 bits per heavy atom. The molecule has 0 saturated heterocycles. The fraction of sp³-hybridized carbons (Fsp3) is 0.294. The van der Waals surface area contributed by atoms with Crippen LogP contribution in [0.1, 0.15) is 28.3 Å². The largest absolute Gasteiger partial charge is 0.493 e. The smallest absolute Gasteiger partial charge is 0.371 e. The van der Waals surface area contributed by atoms with Crippen molar-refractivity contribution in [2.75, 3.05) is 14.2 Å². The summed E-state index contributed by atoms with van der Waals surface area (Å²) in [5, 5.41) is 11.5. The molecule has 0 aliphatic heterocycles. The van der Waals surface area contributed by atoms with E-state index < -0.39 is 5.97 Å². The molecule has 2 aromatic rings. The molecule has 0 bridgehead atoms. The Morgan fingerprint density at radius 1 is 1.12 bits per heavy atom. The molecule has 1 heterocycles. The highest BCUT2D eigenvalue weighted by molar-refractivity contribution is 5.84. The van der Waals surface area contributed by atoms with E-state index in [1.54, 1.807) is 20.3 Å². The van der Waals surface area contributed by atoms with Gasteiger partial charge < -0.3 is 24.3 Å². The van der Waals surface area contributed by atoms with Gasteiger partial charge in [0.25, 0.3) is 0 Å². The molecule has 1 aromatic carbocycles. The first-order valence-electron chi connectivity index (χ1n) is 7.33. The van der Waals surface area contributed by atoms with Crippen LogP contribution in [0.3, 0.4) is 0 Å². The van der Waals surface area contributed by atoms with Crippen molar-refractivity contribution in [3.63, 3.8) is 0 Å². The van der Waals surface area contributed by atoms with Gasteiger partial charge in [-0.1, -0.05) is 6.07 Å². The number of amides is 1. The Bertz CT molecular complexity index is 722. The monoisotopic (exact) mass is 333 g/mol. The van der Waals surface area contributed by atoms with Crippen molar-refractivity contribution in [2.24, 2.45) is 0 Å². The summed E-state index contributed by atoms with van der Waals surface area (Å²) in [5.41, 5.74) is 0.953. The van der Waals surface area contributed by atoms with E-state index in [-0.39, 0.29) is 18.2 Å². The van der Waals surface area contributed by atoms with Gasteiger partial charge in [-0.15, -0.1) is 0 Å². The number of hydrogen-bond acceptors (Lipinski definition) is 5. The number of carboxylic acids is 1. The first kappa shape index (κ1) is 17.4. The maximum Gasteiger partial charge on any atom is 0.371 e. The number of nitrogens with one attached hydrogen (secondary N) is 1. The predicted molar refractivity (Wildman–Crippen MR) is 85.4 cm³/mol. The Labute approximate surface area is 139 Å². The molecule has 0 aliphatic carbocycles. The molecule has 0 aliphatic rings. The maximum atomic E-state index is 11.9. The van der Waals surface area contributed by atoms with Crippen LogP contribution in [0.15, 0.2) is 34.7 Å². The van der Waals surface area contributed by atoms with Gasteiger partial charge in [-0.25, -0.2) is 4.79 Å². The summed E-state index contributed by atoms with van der Waals surface area (Å²) in [4.78, 5) is 22.6. The van der Waals surface area contributed by atoms with Gasteiger partial charge in [0.1, 0.15) is 5.76 Å². The zero-order valence-corrected chi connectivity index (χ0v) is 13.5. The first-order chi connectivity index (χ1) is 11.5. The molecular weight excluding hydrogens is 314 g/mol. The SMILES string of the molecule is COc1ccc(CCC(=O)NCc2ccc(C(=O)O)o2)cc1OC. The fourth-order valence-electron chi connectivity index (χ4n) is 2.16. The van der Waals surface area contributed by atoms with Crippen molar-refractivity contribution in [1.82, 2.24) is 5.32 Å². The Balaban J connectivity index is 1.83. The van der Waals surface area contributed by atoms with Crippen molar-refractivity contribution in [3.05, 3.63) is 47.4 Å². The normalized spacial score (nSPS) is 10.2. The summed E-state index contributed by atoms with van der Waals surface area (Å²) in [6.07, 6.45) is 0.840. The number of rotatable bonds is 8. The van der Waals surface area contributed by atoms with E-state index in [2.05, 4.69) is 5.32 Å². The Kier molecular flexibility index (Phi) is 5.83. The second-order valence-electron chi connectivity index (χ2n) is 5.04. The van der Waals surface area contributed by atoms with Crippen LogP contribution in [0, 0.1) is 0 Å². The lowest BCUT2D eigenvalue weighted by Crippen LogP contribution is -2.22. The highest BCUT2D eigenvalue weighted by atomic mass is 16.5. The third kappa shape index (κ3) is 4.52. The third-order valence-electron chi connectivity index (χ3n) is 3.42. The average molecular weight is 333 g/mol. The summed E-state index contributed by atoms with van der Waals surface area (Å²) in [7, 11) is 3.12. The van der Waals surface area contributed by atoms with Crippen LogP contribution < -0.4 is 14.8 Å². The molecule has 0 atom stereocenters. The van der Waals surface area contributed by atoms with Crippen molar-refractivity contribution < 1.29 is 28.6 Å². The van der Waals surface area contributed by atoms with E-state index in [4.69, 9.17) is 19.0 Å². The van der Waals surface area contributed by atoms with Crippen molar-refractivity contribution >= 4 is 11.9 Å². The zero-order valence-electron chi connectivity index (χ0n) is 13.5. The van der Waals surface area contributed by atoms with Gasteiger partial charge >= 0.3 is 5.97 Å². The number of aryl methyl sites for hydroxylation is 1. The van der Waals surface area contributed by atoms with Crippen molar-refractivity contribution in [3.8, 4) is 11.5 Å². The third-order valence-corrected chi connectivity index (χ3v) is 3.42. The highest BCUT2D eigenvalue weighted by Gasteiger charge is 2.10. The van der Waals surface area contributed by atoms with Gasteiger partial charge in [-0.2, -0.15) is 0 Å². The molecule has 1 amide bonds. The van der Waals surface area contributed by atoms with Gasteiger partial charge in [0.2, 0.25) is 11.7 Å². The quantitative estimate of drug-likeness (QED) is 0.769. The molecule has 2 rings (SSSR count). The van der Waals surface area contributed by atoms with Crippen LogP contribution in [0.5, 0.6) is 11.5 Å². The highest BCUT2D eigenvalue weighted by Crippen LogP contribution is 2.27. The van der Waals surface area contributed by atoms with Crippen LogP contribution in [0.4, 0.5) is 0 Å². The number of aromatic carboxylic acids is 1. The predicted octanol–water partition coefficient (Wildman–Crippen LogP) is 2.24. The molecule has 2 N–H and O–H groups in total. The molecule has 7 heteroatoms. The number of hydrogen-bond donors (Lipinski definition) is 2. The zero-order chi connectivity index (χ0) is 17.5. The minimum atomic E-state index is -1.14. The van der Waals surface area contributed by atoms with E-state index >= 15 is 0 Å². The van der Waals surface area contributed by atoms with Gasteiger partial charge in [0, 0.05) is 6.42 Å². The number of carbonyl (C=O) groups is 2. The number of methoxy groups -OCH3 is 2. The minimum absolute atomic E-state index is 0.149. The van der Waals surface area contributed by atoms with Crippen LogP contribution in [-0.2, 0) is 17.8 Å². The number of carbonyl (C=O) groups excluding carboxylic acids is 1. The van der Waals surface area contributed by atoms with Crippen LogP contribution in [0.25, 0.3) is 0 Å². The van der Waals surface area contributed by atoms with E-state index in [0.717, 1.165) is 5.56 Å².